The molecule has 0 fully saturated rings. The van der Waals surface area contributed by atoms with Gasteiger partial charge in [-0.05, 0) is 32.9 Å². The lowest BCUT2D eigenvalue weighted by atomic mass is 10.1. The predicted molar refractivity (Wildman–Crippen MR) is 94.4 cm³/mol. The van der Waals surface area contributed by atoms with Crippen molar-refractivity contribution in [1.82, 2.24) is 4.98 Å². The summed E-state index contributed by atoms with van der Waals surface area (Å²) in [4.78, 5) is 14.7. The summed E-state index contributed by atoms with van der Waals surface area (Å²) < 4.78 is 11.7. The number of fused-ring (bicyclic) bond motifs is 1. The van der Waals surface area contributed by atoms with Crippen LogP contribution in [0.15, 0.2) is 24.3 Å². The first-order valence-corrected chi connectivity index (χ1v) is 8.66. The predicted octanol–water partition coefficient (Wildman–Crippen LogP) is 2.97. The fourth-order valence-corrected chi connectivity index (χ4v) is 2.99. The largest absolute Gasteiger partial charge is 0.369 e. The monoisotopic (exact) mass is 346 g/mol. The van der Waals surface area contributed by atoms with E-state index in [1.54, 1.807) is 6.07 Å². The van der Waals surface area contributed by atoms with Crippen LogP contribution < -0.4 is 5.32 Å². The first-order valence-electron chi connectivity index (χ1n) is 7.34. The summed E-state index contributed by atoms with van der Waals surface area (Å²) in [6.07, 6.45) is 0. The Hall–Kier alpha value is -2.53. The number of nitrogens with zero attached hydrogens (tertiary/aromatic N) is 3. The summed E-state index contributed by atoms with van der Waals surface area (Å²) in [7, 11) is -0.984. The number of aromatic nitrogens is 1. The number of hydrogen-bond donors (Lipinski definition) is 1. The quantitative estimate of drug-likeness (QED) is 0.658. The first kappa shape index (κ1) is 17.8. The Labute approximate surface area is 142 Å². The minimum absolute atomic E-state index is 0.0814. The van der Waals surface area contributed by atoms with Crippen LogP contribution in [-0.4, -0.2) is 31.2 Å². The van der Waals surface area contributed by atoms with Gasteiger partial charge < -0.3 is 5.32 Å². The smallest absolute Gasteiger partial charge is 0.270 e. The van der Waals surface area contributed by atoms with Crippen molar-refractivity contribution in [2.45, 2.75) is 25.5 Å². The molecule has 0 bridgehead atoms. The van der Waals surface area contributed by atoms with Gasteiger partial charge in [-0.25, -0.2) is 4.98 Å². The number of nitrogens with one attached hydrogen (secondary N) is 1. The van der Waals surface area contributed by atoms with Crippen molar-refractivity contribution in [2.75, 3.05) is 17.6 Å². The summed E-state index contributed by atoms with van der Waals surface area (Å²) in [5, 5.41) is 23.6. The standard InChI is InChI=1S/C16H18N4O3S/c1-16(2,3)24(23)7-6-18-15-8-11(10-17)13-9-12(20(21)22)4-5-14(13)19-15/h4-5,8-9H,6-7H2,1-3H3,(H,18,19). The highest BCUT2D eigenvalue weighted by molar-refractivity contribution is 7.86. The van der Waals surface area contributed by atoms with Crippen LogP contribution in [0.25, 0.3) is 10.9 Å². The van der Waals surface area contributed by atoms with Crippen LogP contribution in [-0.2, 0) is 10.8 Å². The maximum atomic E-state index is 12.0. The molecule has 0 aliphatic carbocycles. The van der Waals surface area contributed by atoms with Gasteiger partial charge in [-0.2, -0.15) is 5.26 Å². The van der Waals surface area contributed by atoms with Gasteiger partial charge in [-0.15, -0.1) is 0 Å². The first-order chi connectivity index (χ1) is 11.2. The van der Waals surface area contributed by atoms with Gasteiger partial charge >= 0.3 is 0 Å². The second-order valence-corrected chi connectivity index (χ2v) is 8.54. The Morgan fingerprint density at radius 2 is 2.08 bits per heavy atom. The highest BCUT2D eigenvalue weighted by atomic mass is 32.2. The molecule has 7 nitrogen and oxygen atoms in total. The molecule has 0 aliphatic heterocycles. The second kappa shape index (κ2) is 6.93. The van der Waals surface area contributed by atoms with Gasteiger partial charge in [0.05, 0.1) is 22.1 Å². The molecule has 24 heavy (non-hydrogen) atoms. The van der Waals surface area contributed by atoms with E-state index in [4.69, 9.17) is 0 Å². The summed E-state index contributed by atoms with van der Waals surface area (Å²) in [6.45, 7) is 6.20. The fraction of sp³-hybridized carbons (Fsp3) is 0.375. The number of anilines is 1. The Kier molecular flexibility index (Phi) is 5.14. The second-order valence-electron chi connectivity index (χ2n) is 6.21. The van der Waals surface area contributed by atoms with E-state index in [1.165, 1.54) is 18.2 Å². The number of hydrogen-bond acceptors (Lipinski definition) is 6. The topological polar surface area (TPSA) is 109 Å². The van der Waals surface area contributed by atoms with Crippen molar-refractivity contribution in [2.24, 2.45) is 0 Å². The highest BCUT2D eigenvalue weighted by Gasteiger charge is 2.18. The summed E-state index contributed by atoms with van der Waals surface area (Å²) in [6, 6.07) is 7.81. The van der Waals surface area contributed by atoms with Gasteiger partial charge in [-0.1, -0.05) is 0 Å². The number of benzene rings is 1. The highest BCUT2D eigenvalue weighted by Crippen LogP contribution is 2.24. The van der Waals surface area contributed by atoms with Gasteiger partial charge in [-0.3, -0.25) is 14.3 Å². The molecule has 1 aromatic carbocycles. The number of nitriles is 1. The van der Waals surface area contributed by atoms with E-state index in [0.29, 0.717) is 34.6 Å². The third kappa shape index (κ3) is 4.06. The minimum Gasteiger partial charge on any atom is -0.369 e. The number of non-ortho nitro benzene ring substituents is 1. The van der Waals surface area contributed by atoms with Gasteiger partial charge in [0.25, 0.3) is 5.69 Å². The van der Waals surface area contributed by atoms with Crippen molar-refractivity contribution in [3.63, 3.8) is 0 Å². The van der Waals surface area contributed by atoms with Gasteiger partial charge in [0.1, 0.15) is 5.82 Å². The van der Waals surface area contributed by atoms with Crippen LogP contribution in [0.2, 0.25) is 0 Å². The van der Waals surface area contributed by atoms with Crippen molar-refractivity contribution in [1.29, 1.82) is 5.26 Å². The van der Waals surface area contributed by atoms with Crippen molar-refractivity contribution in [3.8, 4) is 6.07 Å². The lowest BCUT2D eigenvalue weighted by Crippen LogP contribution is -2.27. The van der Waals surface area contributed by atoms with E-state index < -0.39 is 15.7 Å². The number of pyridine rings is 1. The lowest BCUT2D eigenvalue weighted by Gasteiger charge is -2.17. The Bertz CT molecular complexity index is 853. The normalized spacial score (nSPS) is 12.6. The molecule has 0 amide bonds. The van der Waals surface area contributed by atoms with Gasteiger partial charge in [0.2, 0.25) is 0 Å². The van der Waals surface area contributed by atoms with Crippen LogP contribution in [0, 0.1) is 21.4 Å². The average Bonchev–Trinajstić information content (AvgIpc) is 2.52. The molecule has 2 rings (SSSR count). The molecular formula is C16H18N4O3S. The number of rotatable bonds is 5. The zero-order valence-electron chi connectivity index (χ0n) is 13.7. The number of nitro groups is 1. The third-order valence-corrected chi connectivity index (χ3v) is 5.34. The maximum absolute atomic E-state index is 12.0. The minimum atomic E-state index is -0.984. The molecule has 2 aromatic rings. The molecule has 0 saturated carbocycles. The van der Waals surface area contributed by atoms with Gasteiger partial charge in [0.15, 0.2) is 0 Å². The molecule has 1 N–H and O–H groups in total. The summed E-state index contributed by atoms with van der Waals surface area (Å²) in [5.41, 5.74) is 0.726. The fourth-order valence-electron chi connectivity index (χ4n) is 2.09. The molecule has 1 unspecified atom stereocenters. The van der Waals surface area contributed by atoms with Crippen molar-refractivity contribution in [3.05, 3.63) is 39.9 Å². The van der Waals surface area contributed by atoms with E-state index in [-0.39, 0.29) is 10.4 Å². The Morgan fingerprint density at radius 3 is 2.67 bits per heavy atom. The molecule has 1 heterocycles. The molecule has 0 aliphatic rings. The van der Waals surface area contributed by atoms with Crippen molar-refractivity contribution >= 4 is 33.2 Å². The zero-order valence-corrected chi connectivity index (χ0v) is 14.5. The van der Waals surface area contributed by atoms with Crippen LogP contribution in [0.4, 0.5) is 11.5 Å². The molecule has 0 spiro atoms. The molecule has 126 valence electrons. The van der Waals surface area contributed by atoms with E-state index in [0.717, 1.165) is 0 Å². The molecule has 0 radical (unpaired) electrons. The molecular weight excluding hydrogens is 328 g/mol. The van der Waals surface area contributed by atoms with Crippen LogP contribution in [0.1, 0.15) is 26.3 Å². The van der Waals surface area contributed by atoms with Crippen LogP contribution >= 0.6 is 0 Å². The van der Waals surface area contributed by atoms with Crippen LogP contribution in [0.5, 0.6) is 0 Å². The van der Waals surface area contributed by atoms with E-state index in [9.17, 15) is 19.6 Å². The van der Waals surface area contributed by atoms with Crippen LogP contribution in [0.3, 0.4) is 0 Å². The summed E-state index contributed by atoms with van der Waals surface area (Å²) in [5.74, 6) is 0.949. The SMILES string of the molecule is CC(C)(C)S(=O)CCNc1cc(C#N)c2cc([N+](=O)[O-])ccc2n1. The molecule has 1 aromatic heterocycles. The molecule has 8 heteroatoms. The van der Waals surface area contributed by atoms with Gasteiger partial charge in [0, 0.05) is 45.4 Å². The van der Waals surface area contributed by atoms with E-state index in [2.05, 4.69) is 10.3 Å². The summed E-state index contributed by atoms with van der Waals surface area (Å²) >= 11 is 0. The van der Waals surface area contributed by atoms with E-state index >= 15 is 0 Å². The average molecular weight is 346 g/mol. The lowest BCUT2D eigenvalue weighted by molar-refractivity contribution is -0.384. The van der Waals surface area contributed by atoms with Crippen molar-refractivity contribution < 1.29 is 9.13 Å². The zero-order chi connectivity index (χ0) is 17.9. The molecule has 1 atom stereocenters. The third-order valence-electron chi connectivity index (χ3n) is 3.40. The molecule has 0 saturated heterocycles. The Balaban J connectivity index is 2.24. The van der Waals surface area contributed by atoms with E-state index in [1.807, 2.05) is 26.8 Å². The number of nitro benzene ring substituents is 1. The maximum Gasteiger partial charge on any atom is 0.270 e. The Morgan fingerprint density at radius 1 is 1.38 bits per heavy atom.